The van der Waals surface area contributed by atoms with Gasteiger partial charge in [0, 0.05) is 18.4 Å². The molecular weight excluding hydrogens is 346 g/mol. The van der Waals surface area contributed by atoms with E-state index in [0.717, 1.165) is 11.4 Å². The van der Waals surface area contributed by atoms with Crippen molar-refractivity contribution < 1.29 is 14.3 Å². The molecule has 8 nitrogen and oxygen atoms in total. The Morgan fingerprint density at radius 2 is 2.11 bits per heavy atom. The SMILES string of the molecule is COc1ccc(-n2cc(C3C(C#N)=C(N)OC4=C3C(=O)CCC4)nn2)cc1. The van der Waals surface area contributed by atoms with Crippen molar-refractivity contribution >= 4 is 5.78 Å². The van der Waals surface area contributed by atoms with Crippen molar-refractivity contribution in [1.82, 2.24) is 15.0 Å². The Bertz CT molecular complexity index is 1010. The molecule has 1 aromatic carbocycles. The Morgan fingerprint density at radius 3 is 2.81 bits per heavy atom. The smallest absolute Gasteiger partial charge is 0.205 e. The van der Waals surface area contributed by atoms with Crippen molar-refractivity contribution in [2.75, 3.05) is 7.11 Å². The summed E-state index contributed by atoms with van der Waals surface area (Å²) in [5.41, 5.74) is 7.85. The number of aromatic nitrogens is 3. The van der Waals surface area contributed by atoms with Gasteiger partial charge in [-0.25, -0.2) is 4.68 Å². The fraction of sp³-hybridized carbons (Fsp3) is 0.263. The van der Waals surface area contributed by atoms with Gasteiger partial charge in [0.25, 0.3) is 0 Å². The van der Waals surface area contributed by atoms with Crippen LogP contribution >= 0.6 is 0 Å². The van der Waals surface area contributed by atoms with Gasteiger partial charge in [-0.1, -0.05) is 5.21 Å². The molecule has 2 heterocycles. The molecule has 1 aliphatic heterocycles. The van der Waals surface area contributed by atoms with E-state index in [9.17, 15) is 10.1 Å². The molecule has 1 aliphatic carbocycles. The Hall–Kier alpha value is -3.60. The normalized spacial score (nSPS) is 19.4. The first-order valence-corrected chi connectivity index (χ1v) is 8.53. The van der Waals surface area contributed by atoms with Crippen LogP contribution in [0.5, 0.6) is 5.75 Å². The standard InChI is InChI=1S/C19H17N5O3/c1-26-12-7-5-11(6-8-12)24-10-14(22-23-24)17-13(9-20)19(21)27-16-4-2-3-15(25)18(16)17/h5-8,10,17H,2-4,21H2,1H3. The first kappa shape index (κ1) is 16.8. The average Bonchev–Trinajstić information content (AvgIpc) is 3.17. The molecule has 8 heteroatoms. The van der Waals surface area contributed by atoms with E-state index in [1.165, 1.54) is 0 Å². The number of allylic oxidation sites excluding steroid dienone is 3. The van der Waals surface area contributed by atoms with Crippen LogP contribution in [-0.2, 0) is 9.53 Å². The maximum Gasteiger partial charge on any atom is 0.205 e. The molecule has 4 rings (SSSR count). The van der Waals surface area contributed by atoms with Crippen LogP contribution in [0.4, 0.5) is 0 Å². The molecule has 2 N–H and O–H groups in total. The molecule has 2 aliphatic rings. The lowest BCUT2D eigenvalue weighted by Crippen LogP contribution is -2.27. The van der Waals surface area contributed by atoms with E-state index in [2.05, 4.69) is 16.4 Å². The zero-order valence-corrected chi connectivity index (χ0v) is 14.7. The minimum absolute atomic E-state index is 0.0231. The molecule has 0 saturated heterocycles. The van der Waals surface area contributed by atoms with Gasteiger partial charge in [0.15, 0.2) is 5.78 Å². The molecule has 1 aromatic heterocycles. The van der Waals surface area contributed by atoms with Crippen LogP contribution in [-0.4, -0.2) is 27.9 Å². The summed E-state index contributed by atoms with van der Waals surface area (Å²) < 4.78 is 12.3. The zero-order chi connectivity index (χ0) is 19.0. The molecule has 1 atom stereocenters. The number of nitrogens with two attached hydrogens (primary N) is 1. The van der Waals surface area contributed by atoms with E-state index in [-0.39, 0.29) is 17.2 Å². The summed E-state index contributed by atoms with van der Waals surface area (Å²) >= 11 is 0. The van der Waals surface area contributed by atoms with E-state index < -0.39 is 5.92 Å². The zero-order valence-electron chi connectivity index (χ0n) is 14.7. The van der Waals surface area contributed by atoms with Gasteiger partial charge in [-0.05, 0) is 30.7 Å². The number of carbonyl (C=O) groups is 1. The summed E-state index contributed by atoms with van der Waals surface area (Å²) in [6.07, 6.45) is 3.44. The van der Waals surface area contributed by atoms with E-state index in [1.54, 1.807) is 18.0 Å². The first-order valence-electron chi connectivity index (χ1n) is 8.53. The van der Waals surface area contributed by atoms with Gasteiger partial charge in [0.05, 0.1) is 30.6 Å². The molecule has 0 bridgehead atoms. The van der Waals surface area contributed by atoms with Crippen LogP contribution < -0.4 is 10.5 Å². The molecule has 2 aromatic rings. The lowest BCUT2D eigenvalue weighted by molar-refractivity contribution is -0.116. The molecule has 136 valence electrons. The molecule has 1 unspecified atom stereocenters. The second kappa shape index (κ2) is 6.61. The Kier molecular flexibility index (Phi) is 4.12. The molecular formula is C19H17N5O3. The Labute approximate surface area is 155 Å². The predicted molar refractivity (Wildman–Crippen MR) is 94.4 cm³/mol. The van der Waals surface area contributed by atoms with Crippen LogP contribution in [0.15, 0.2) is 53.3 Å². The van der Waals surface area contributed by atoms with Gasteiger partial charge < -0.3 is 15.2 Å². The van der Waals surface area contributed by atoms with Gasteiger partial charge in [-0.15, -0.1) is 5.10 Å². The monoisotopic (exact) mass is 363 g/mol. The third-order valence-electron chi connectivity index (χ3n) is 4.75. The number of Topliss-reactive ketones (excluding diaryl/α,β-unsaturated/α-hetero) is 1. The van der Waals surface area contributed by atoms with Gasteiger partial charge in [0.2, 0.25) is 5.88 Å². The largest absolute Gasteiger partial charge is 0.497 e. The number of hydrogen-bond donors (Lipinski definition) is 1. The van der Waals surface area contributed by atoms with E-state index >= 15 is 0 Å². The fourth-order valence-corrected chi connectivity index (χ4v) is 3.42. The molecule has 0 fully saturated rings. The number of benzene rings is 1. The van der Waals surface area contributed by atoms with E-state index in [4.69, 9.17) is 15.2 Å². The molecule has 0 amide bonds. The summed E-state index contributed by atoms with van der Waals surface area (Å²) in [6, 6.07) is 9.38. The number of ketones is 1. The summed E-state index contributed by atoms with van der Waals surface area (Å²) in [5, 5.41) is 17.9. The highest BCUT2D eigenvalue weighted by Gasteiger charge is 2.39. The van der Waals surface area contributed by atoms with Crippen molar-refractivity contribution in [2.24, 2.45) is 5.73 Å². The predicted octanol–water partition coefficient (Wildman–Crippen LogP) is 2.09. The van der Waals surface area contributed by atoms with Crippen molar-refractivity contribution in [3.8, 4) is 17.5 Å². The van der Waals surface area contributed by atoms with Gasteiger partial charge >= 0.3 is 0 Å². The van der Waals surface area contributed by atoms with Gasteiger partial charge in [-0.3, -0.25) is 4.79 Å². The third-order valence-corrected chi connectivity index (χ3v) is 4.75. The first-order chi connectivity index (χ1) is 13.1. The lowest BCUT2D eigenvalue weighted by atomic mass is 9.80. The van der Waals surface area contributed by atoms with Crippen LogP contribution in [0, 0.1) is 11.3 Å². The quantitative estimate of drug-likeness (QED) is 0.887. The van der Waals surface area contributed by atoms with Crippen molar-refractivity contribution in [2.45, 2.75) is 25.2 Å². The summed E-state index contributed by atoms with van der Waals surface area (Å²) in [7, 11) is 1.60. The summed E-state index contributed by atoms with van der Waals surface area (Å²) in [5.74, 6) is 0.592. The van der Waals surface area contributed by atoms with Gasteiger partial charge in [-0.2, -0.15) is 5.26 Å². The molecule has 0 radical (unpaired) electrons. The number of nitriles is 1. The number of nitrogens with zero attached hydrogens (tertiary/aromatic N) is 4. The van der Waals surface area contributed by atoms with E-state index in [1.807, 2.05) is 24.3 Å². The van der Waals surface area contributed by atoms with E-state index in [0.29, 0.717) is 36.3 Å². The Morgan fingerprint density at radius 1 is 1.33 bits per heavy atom. The lowest BCUT2D eigenvalue weighted by Gasteiger charge is -2.29. The topological polar surface area (TPSA) is 116 Å². The maximum absolute atomic E-state index is 12.5. The van der Waals surface area contributed by atoms with Crippen LogP contribution in [0.1, 0.15) is 30.9 Å². The van der Waals surface area contributed by atoms with Gasteiger partial charge in [0.1, 0.15) is 23.2 Å². The number of carbonyl (C=O) groups excluding carboxylic acids is 1. The van der Waals surface area contributed by atoms with Crippen molar-refractivity contribution in [3.63, 3.8) is 0 Å². The molecule has 0 spiro atoms. The average molecular weight is 363 g/mol. The van der Waals surface area contributed by atoms with Crippen LogP contribution in [0.25, 0.3) is 5.69 Å². The second-order valence-corrected chi connectivity index (χ2v) is 6.32. The number of methoxy groups -OCH3 is 1. The fourth-order valence-electron chi connectivity index (χ4n) is 3.42. The van der Waals surface area contributed by atoms with Crippen LogP contribution in [0.2, 0.25) is 0 Å². The highest BCUT2D eigenvalue weighted by molar-refractivity contribution is 5.99. The molecule has 27 heavy (non-hydrogen) atoms. The number of hydrogen-bond acceptors (Lipinski definition) is 7. The van der Waals surface area contributed by atoms with Crippen molar-refractivity contribution in [1.29, 1.82) is 5.26 Å². The Balaban J connectivity index is 1.77. The van der Waals surface area contributed by atoms with Crippen LogP contribution in [0.3, 0.4) is 0 Å². The third kappa shape index (κ3) is 2.83. The van der Waals surface area contributed by atoms with Crippen molar-refractivity contribution in [3.05, 3.63) is 58.9 Å². The second-order valence-electron chi connectivity index (χ2n) is 6.32. The highest BCUT2D eigenvalue weighted by atomic mass is 16.5. The summed E-state index contributed by atoms with van der Waals surface area (Å²) in [6.45, 7) is 0. The highest BCUT2D eigenvalue weighted by Crippen LogP contribution is 2.42. The summed E-state index contributed by atoms with van der Waals surface area (Å²) in [4.78, 5) is 12.5. The number of rotatable bonds is 3. The maximum atomic E-state index is 12.5. The minimum Gasteiger partial charge on any atom is -0.497 e. The molecule has 0 saturated carbocycles. The minimum atomic E-state index is -0.654. The number of ether oxygens (including phenoxy) is 2.